The first kappa shape index (κ1) is 10.6. The third-order valence-electron chi connectivity index (χ3n) is 1.67. The number of hydrogen-bond donors (Lipinski definition) is 1. The van der Waals surface area contributed by atoms with E-state index in [9.17, 15) is 18.0 Å². The standard InChI is InChI=1S/C9H8F3NO/c1-13-7-4-2-3-6(5-7)8(14)9(10,11)12/h2-5,13H,1H3. The van der Waals surface area contributed by atoms with Crippen LogP contribution in [0.5, 0.6) is 0 Å². The number of carbonyl (C=O) groups excluding carboxylic acids is 1. The molecule has 1 rings (SSSR count). The van der Waals surface area contributed by atoms with Crippen LogP contribution in [-0.2, 0) is 0 Å². The fraction of sp³-hybridized carbons (Fsp3) is 0.222. The molecule has 0 saturated heterocycles. The molecule has 14 heavy (non-hydrogen) atoms. The second kappa shape index (κ2) is 3.69. The van der Waals surface area contributed by atoms with Crippen molar-refractivity contribution in [1.29, 1.82) is 0 Å². The lowest BCUT2D eigenvalue weighted by molar-refractivity contribution is -0.0885. The third kappa shape index (κ3) is 2.25. The van der Waals surface area contributed by atoms with Crippen molar-refractivity contribution in [3.63, 3.8) is 0 Å². The van der Waals surface area contributed by atoms with Gasteiger partial charge in [0.15, 0.2) is 0 Å². The number of anilines is 1. The lowest BCUT2D eigenvalue weighted by Gasteiger charge is -2.06. The summed E-state index contributed by atoms with van der Waals surface area (Å²) in [6.07, 6.45) is -4.81. The molecule has 0 unspecified atom stereocenters. The summed E-state index contributed by atoms with van der Waals surface area (Å²) in [6, 6.07) is 5.27. The molecule has 0 aromatic heterocycles. The minimum absolute atomic E-state index is 0.357. The van der Waals surface area contributed by atoms with E-state index in [1.54, 1.807) is 13.1 Å². The molecule has 0 radical (unpaired) electrons. The number of benzene rings is 1. The van der Waals surface area contributed by atoms with Crippen molar-refractivity contribution in [2.75, 3.05) is 12.4 Å². The predicted molar refractivity (Wildman–Crippen MR) is 46.4 cm³/mol. The third-order valence-corrected chi connectivity index (χ3v) is 1.67. The van der Waals surface area contributed by atoms with Gasteiger partial charge in [-0.05, 0) is 12.1 Å². The van der Waals surface area contributed by atoms with Gasteiger partial charge in [-0.15, -0.1) is 0 Å². The lowest BCUT2D eigenvalue weighted by Crippen LogP contribution is -2.22. The number of rotatable bonds is 2. The maximum atomic E-state index is 12.0. The second-order valence-corrected chi connectivity index (χ2v) is 2.66. The fourth-order valence-corrected chi connectivity index (χ4v) is 0.980. The van der Waals surface area contributed by atoms with Gasteiger partial charge in [-0.1, -0.05) is 12.1 Å². The molecule has 0 aliphatic rings. The highest BCUT2D eigenvalue weighted by Gasteiger charge is 2.39. The van der Waals surface area contributed by atoms with Gasteiger partial charge in [0, 0.05) is 18.3 Å². The number of ketones is 1. The average Bonchev–Trinajstić information content (AvgIpc) is 2.15. The molecule has 1 N–H and O–H groups in total. The van der Waals surface area contributed by atoms with Crippen LogP contribution in [0, 0.1) is 0 Å². The molecule has 76 valence electrons. The van der Waals surface area contributed by atoms with Crippen LogP contribution in [0.1, 0.15) is 10.4 Å². The Morgan fingerprint density at radius 3 is 2.50 bits per heavy atom. The summed E-state index contributed by atoms with van der Waals surface area (Å²) in [6.45, 7) is 0. The number of Topliss-reactive ketones (excluding diaryl/α,β-unsaturated/α-hetero) is 1. The van der Waals surface area contributed by atoms with Crippen LogP contribution < -0.4 is 5.32 Å². The van der Waals surface area contributed by atoms with Crippen molar-refractivity contribution in [3.05, 3.63) is 29.8 Å². The van der Waals surface area contributed by atoms with Gasteiger partial charge in [-0.2, -0.15) is 13.2 Å². The minimum atomic E-state index is -4.81. The van der Waals surface area contributed by atoms with Crippen molar-refractivity contribution in [2.24, 2.45) is 0 Å². The Morgan fingerprint density at radius 1 is 1.36 bits per heavy atom. The highest BCUT2D eigenvalue weighted by Crippen LogP contribution is 2.22. The van der Waals surface area contributed by atoms with Crippen LogP contribution in [0.15, 0.2) is 24.3 Å². The zero-order chi connectivity index (χ0) is 10.8. The molecule has 0 spiro atoms. The van der Waals surface area contributed by atoms with E-state index in [1.165, 1.54) is 6.07 Å². The first-order valence-corrected chi connectivity index (χ1v) is 3.84. The largest absolute Gasteiger partial charge is 0.454 e. The smallest absolute Gasteiger partial charge is 0.388 e. The van der Waals surface area contributed by atoms with Gasteiger partial charge in [-0.3, -0.25) is 4.79 Å². The molecule has 0 amide bonds. The Hall–Kier alpha value is -1.52. The Bertz CT molecular complexity index is 346. The maximum Gasteiger partial charge on any atom is 0.454 e. The van der Waals surface area contributed by atoms with Gasteiger partial charge in [0.25, 0.3) is 5.78 Å². The van der Waals surface area contributed by atoms with Crippen molar-refractivity contribution < 1.29 is 18.0 Å². The summed E-state index contributed by atoms with van der Waals surface area (Å²) in [5.41, 5.74) is 0.115. The van der Waals surface area contributed by atoms with Crippen LogP contribution in [0.25, 0.3) is 0 Å². The highest BCUT2D eigenvalue weighted by atomic mass is 19.4. The second-order valence-electron chi connectivity index (χ2n) is 2.66. The average molecular weight is 203 g/mol. The molecule has 0 fully saturated rings. The van der Waals surface area contributed by atoms with Crippen molar-refractivity contribution in [3.8, 4) is 0 Å². The summed E-state index contributed by atoms with van der Waals surface area (Å²) >= 11 is 0. The summed E-state index contributed by atoms with van der Waals surface area (Å²) in [5, 5.41) is 2.65. The molecule has 0 aliphatic heterocycles. The van der Waals surface area contributed by atoms with Gasteiger partial charge in [0.05, 0.1) is 0 Å². The first-order valence-electron chi connectivity index (χ1n) is 3.84. The van der Waals surface area contributed by atoms with Crippen molar-refractivity contribution >= 4 is 11.5 Å². The minimum Gasteiger partial charge on any atom is -0.388 e. The molecule has 0 bridgehead atoms. The molecular formula is C9H8F3NO. The first-order chi connectivity index (χ1) is 6.45. The normalized spacial score (nSPS) is 11.1. The summed E-state index contributed by atoms with van der Waals surface area (Å²) in [5.74, 6) is -1.82. The number of halogens is 3. The summed E-state index contributed by atoms with van der Waals surface area (Å²) < 4.78 is 36.0. The Balaban J connectivity index is 3.02. The number of hydrogen-bond acceptors (Lipinski definition) is 2. The molecule has 2 nitrogen and oxygen atoms in total. The van der Waals surface area contributed by atoms with Crippen molar-refractivity contribution in [2.45, 2.75) is 6.18 Å². The van der Waals surface area contributed by atoms with Crippen molar-refractivity contribution in [1.82, 2.24) is 0 Å². The van der Waals surface area contributed by atoms with E-state index in [0.29, 0.717) is 5.69 Å². The monoisotopic (exact) mass is 203 g/mol. The lowest BCUT2D eigenvalue weighted by atomic mass is 10.1. The SMILES string of the molecule is CNc1cccc(C(=O)C(F)(F)F)c1. The van der Waals surface area contributed by atoms with E-state index < -0.39 is 12.0 Å². The van der Waals surface area contributed by atoms with E-state index in [0.717, 1.165) is 12.1 Å². The van der Waals surface area contributed by atoms with Gasteiger partial charge >= 0.3 is 6.18 Å². The van der Waals surface area contributed by atoms with E-state index >= 15 is 0 Å². The van der Waals surface area contributed by atoms with Crippen LogP contribution in [-0.4, -0.2) is 19.0 Å². The van der Waals surface area contributed by atoms with Crippen LogP contribution in [0.4, 0.5) is 18.9 Å². The van der Waals surface area contributed by atoms with E-state index in [2.05, 4.69) is 5.32 Å². The van der Waals surface area contributed by atoms with Crippen LogP contribution in [0.2, 0.25) is 0 Å². The predicted octanol–water partition coefficient (Wildman–Crippen LogP) is 2.47. The number of nitrogens with one attached hydrogen (secondary N) is 1. The zero-order valence-corrected chi connectivity index (χ0v) is 7.35. The van der Waals surface area contributed by atoms with Gasteiger partial charge in [-0.25, -0.2) is 0 Å². The molecule has 0 atom stereocenters. The molecule has 1 aromatic rings. The van der Waals surface area contributed by atoms with Crippen LogP contribution in [0.3, 0.4) is 0 Å². The molecule has 1 aromatic carbocycles. The van der Waals surface area contributed by atoms with Gasteiger partial charge in [0.1, 0.15) is 0 Å². The molecular weight excluding hydrogens is 195 g/mol. The fourth-order valence-electron chi connectivity index (χ4n) is 0.980. The highest BCUT2D eigenvalue weighted by molar-refractivity contribution is 6.00. The quantitative estimate of drug-likeness (QED) is 0.748. The van der Waals surface area contributed by atoms with E-state index in [-0.39, 0.29) is 5.56 Å². The maximum absolute atomic E-state index is 12.0. The van der Waals surface area contributed by atoms with Crippen LogP contribution >= 0.6 is 0 Å². The number of alkyl halides is 3. The number of carbonyl (C=O) groups is 1. The van der Waals surface area contributed by atoms with Gasteiger partial charge in [0.2, 0.25) is 0 Å². The molecule has 0 saturated carbocycles. The molecule has 5 heteroatoms. The van der Waals surface area contributed by atoms with E-state index in [4.69, 9.17) is 0 Å². The zero-order valence-electron chi connectivity index (χ0n) is 7.35. The Morgan fingerprint density at radius 2 is 2.00 bits per heavy atom. The topological polar surface area (TPSA) is 29.1 Å². The Kier molecular flexibility index (Phi) is 2.78. The van der Waals surface area contributed by atoms with E-state index in [1.807, 2.05) is 0 Å². The summed E-state index contributed by atoms with van der Waals surface area (Å²) in [7, 11) is 1.57. The Labute approximate surface area is 78.7 Å². The molecule has 0 heterocycles. The summed E-state index contributed by atoms with van der Waals surface area (Å²) in [4.78, 5) is 10.8. The van der Waals surface area contributed by atoms with Gasteiger partial charge < -0.3 is 5.32 Å². The molecule has 0 aliphatic carbocycles.